The summed E-state index contributed by atoms with van der Waals surface area (Å²) in [5, 5.41) is 2.35. The normalized spacial score (nSPS) is 19.7. The molecule has 0 spiro atoms. The molecule has 3 heterocycles. The molecule has 3 aliphatic rings. The lowest BCUT2D eigenvalue weighted by Crippen LogP contribution is -2.48. The molecule has 6 rings (SSSR count). The third kappa shape index (κ3) is 5.09. The van der Waals surface area contributed by atoms with Crippen LogP contribution in [0.4, 0.5) is 5.69 Å². The van der Waals surface area contributed by atoms with Gasteiger partial charge in [0.05, 0.1) is 12.8 Å². The Morgan fingerprint density at radius 2 is 1.73 bits per heavy atom. The van der Waals surface area contributed by atoms with Gasteiger partial charge in [-0.05, 0) is 35.2 Å². The largest absolute Gasteiger partial charge is 0.495 e. The minimum Gasteiger partial charge on any atom is -0.495 e. The number of hydrogen-bond donors (Lipinski definition) is 0. The van der Waals surface area contributed by atoms with Crippen LogP contribution >= 0.6 is 0 Å². The molecule has 0 bridgehead atoms. The zero-order valence-corrected chi connectivity index (χ0v) is 21.9. The van der Waals surface area contributed by atoms with Crippen molar-refractivity contribution >= 4 is 11.8 Å². The van der Waals surface area contributed by atoms with Crippen LogP contribution in [-0.4, -0.2) is 56.4 Å². The van der Waals surface area contributed by atoms with Crippen molar-refractivity contribution in [2.24, 2.45) is 10.9 Å². The molecule has 0 N–H and O–H groups in total. The van der Waals surface area contributed by atoms with Gasteiger partial charge in [0.2, 0.25) is 0 Å². The van der Waals surface area contributed by atoms with E-state index in [1.54, 1.807) is 7.11 Å². The Morgan fingerprint density at radius 3 is 2.54 bits per heavy atom. The number of rotatable bonds is 6. The Labute approximate surface area is 219 Å². The molecule has 3 aliphatic heterocycles. The van der Waals surface area contributed by atoms with Crippen LogP contribution in [0.2, 0.25) is 0 Å². The van der Waals surface area contributed by atoms with Crippen molar-refractivity contribution in [1.82, 2.24) is 9.80 Å². The van der Waals surface area contributed by atoms with Crippen molar-refractivity contribution in [2.45, 2.75) is 26.6 Å². The van der Waals surface area contributed by atoms with Gasteiger partial charge in [-0.2, -0.15) is 0 Å². The standard InChI is InChI=1S/C31H36N4O2/c1-23-16-27-25(20-33-12-14-35(15-13-33)28-10-6-7-11-29(28)36-2)17-26-21-34(19-24-8-4-3-5-9-24)22-37-31(26)30(27)32-18-23/h3-11,16-17,23H,12-15,18-22H2,1-2H3/t23-/m0/s1. The molecular weight excluding hydrogens is 460 g/mol. The second-order valence-corrected chi connectivity index (χ2v) is 10.5. The lowest BCUT2D eigenvalue weighted by molar-refractivity contribution is 0.0868. The number of fused-ring (bicyclic) bond motifs is 3. The van der Waals surface area contributed by atoms with E-state index in [0.29, 0.717) is 12.6 Å². The molecule has 0 aromatic heterocycles. The van der Waals surface area contributed by atoms with Gasteiger partial charge in [0.15, 0.2) is 5.75 Å². The van der Waals surface area contributed by atoms with Crippen LogP contribution in [0.5, 0.6) is 11.5 Å². The molecule has 6 nitrogen and oxygen atoms in total. The molecule has 1 fully saturated rings. The summed E-state index contributed by atoms with van der Waals surface area (Å²) in [4.78, 5) is 12.4. The minimum atomic E-state index is 0.449. The Morgan fingerprint density at radius 1 is 0.946 bits per heavy atom. The lowest BCUT2D eigenvalue weighted by atomic mass is 9.98. The molecule has 0 amide bonds. The highest BCUT2D eigenvalue weighted by molar-refractivity contribution is 5.58. The summed E-state index contributed by atoms with van der Waals surface area (Å²) in [7, 11) is 1.75. The van der Waals surface area contributed by atoms with Crippen molar-refractivity contribution in [3.05, 3.63) is 87.9 Å². The molecule has 3 aromatic carbocycles. The third-order valence-electron chi connectivity index (χ3n) is 7.67. The van der Waals surface area contributed by atoms with Gasteiger partial charge in [-0.3, -0.25) is 14.8 Å². The van der Waals surface area contributed by atoms with Crippen LogP contribution in [0, 0.1) is 5.92 Å². The maximum Gasteiger partial charge on any atom is 0.151 e. The van der Waals surface area contributed by atoms with Crippen molar-refractivity contribution < 1.29 is 9.47 Å². The maximum absolute atomic E-state index is 6.35. The first kappa shape index (κ1) is 24.0. The van der Waals surface area contributed by atoms with Crippen LogP contribution in [0.3, 0.4) is 0 Å². The average Bonchev–Trinajstić information content (AvgIpc) is 2.94. The van der Waals surface area contributed by atoms with Gasteiger partial charge >= 0.3 is 0 Å². The number of nitrogens with zero attached hydrogens (tertiary/aromatic N) is 4. The number of anilines is 1. The predicted octanol–water partition coefficient (Wildman–Crippen LogP) is 3.42. The number of benzene rings is 3. The Kier molecular flexibility index (Phi) is 6.85. The van der Waals surface area contributed by atoms with Crippen molar-refractivity contribution in [1.29, 1.82) is 0 Å². The van der Waals surface area contributed by atoms with Gasteiger partial charge in [-0.25, -0.2) is 0 Å². The first-order valence-electron chi connectivity index (χ1n) is 13.4. The summed E-state index contributed by atoms with van der Waals surface area (Å²) in [5.41, 5.74) is 5.13. The highest BCUT2D eigenvalue weighted by Crippen LogP contribution is 2.29. The summed E-state index contributed by atoms with van der Waals surface area (Å²) in [6.07, 6.45) is 2.41. The van der Waals surface area contributed by atoms with Crippen LogP contribution in [0.1, 0.15) is 23.6 Å². The maximum atomic E-state index is 6.35. The number of methoxy groups -OCH3 is 1. The van der Waals surface area contributed by atoms with E-state index in [1.165, 1.54) is 27.6 Å². The average molecular weight is 497 g/mol. The quantitative estimate of drug-likeness (QED) is 0.523. The summed E-state index contributed by atoms with van der Waals surface area (Å²) in [6, 6.07) is 21.4. The molecule has 0 radical (unpaired) electrons. The molecule has 192 valence electrons. The SMILES string of the molecule is COc1ccccc1N1CCN(Cc2cc3c(c4c2=C[C@H](C)CN=4)OCN(Cc2ccccc2)C3)CC1. The van der Waals surface area contributed by atoms with E-state index in [9.17, 15) is 0 Å². The zero-order chi connectivity index (χ0) is 25.2. The van der Waals surface area contributed by atoms with E-state index in [1.807, 2.05) is 12.1 Å². The second kappa shape index (κ2) is 10.6. The van der Waals surface area contributed by atoms with Gasteiger partial charge in [0.25, 0.3) is 0 Å². The number of ether oxygens (including phenoxy) is 2. The molecule has 1 saturated heterocycles. The summed E-state index contributed by atoms with van der Waals surface area (Å²) < 4.78 is 12.0. The third-order valence-corrected chi connectivity index (χ3v) is 7.67. The molecule has 0 aliphatic carbocycles. The number of hydrogen-bond acceptors (Lipinski definition) is 6. The highest BCUT2D eigenvalue weighted by Gasteiger charge is 2.25. The minimum absolute atomic E-state index is 0.449. The predicted molar refractivity (Wildman–Crippen MR) is 147 cm³/mol. The van der Waals surface area contributed by atoms with Gasteiger partial charge in [-0.15, -0.1) is 0 Å². The summed E-state index contributed by atoms with van der Waals surface area (Å²) in [5.74, 6) is 2.39. The highest BCUT2D eigenvalue weighted by atomic mass is 16.5. The van der Waals surface area contributed by atoms with Gasteiger partial charge in [0, 0.05) is 63.1 Å². The first-order valence-corrected chi connectivity index (χ1v) is 13.4. The van der Waals surface area contributed by atoms with Gasteiger partial charge < -0.3 is 14.4 Å². The molecule has 0 saturated carbocycles. The summed E-state index contributed by atoms with van der Waals surface area (Å²) in [6.45, 7) is 10.4. The molecule has 3 aromatic rings. The van der Waals surface area contributed by atoms with Crippen LogP contribution < -0.4 is 24.9 Å². The molecular formula is C31H36N4O2. The fourth-order valence-corrected chi connectivity index (χ4v) is 5.77. The van der Waals surface area contributed by atoms with Crippen molar-refractivity contribution in [2.75, 3.05) is 51.5 Å². The first-order chi connectivity index (χ1) is 18.2. The molecule has 6 heteroatoms. The fourth-order valence-electron chi connectivity index (χ4n) is 5.77. The van der Waals surface area contributed by atoms with Gasteiger partial charge in [0.1, 0.15) is 17.8 Å². The van der Waals surface area contributed by atoms with E-state index in [-0.39, 0.29) is 0 Å². The van der Waals surface area contributed by atoms with Crippen molar-refractivity contribution in [3.8, 4) is 11.5 Å². The van der Waals surface area contributed by atoms with Crippen molar-refractivity contribution in [3.63, 3.8) is 0 Å². The lowest BCUT2D eigenvalue weighted by Gasteiger charge is -2.37. The van der Waals surface area contributed by atoms with Crippen LogP contribution in [-0.2, 0) is 19.6 Å². The molecule has 37 heavy (non-hydrogen) atoms. The second-order valence-electron chi connectivity index (χ2n) is 10.5. The molecule has 1 atom stereocenters. The Hall–Kier alpha value is -3.35. The number of para-hydroxylation sites is 2. The smallest absolute Gasteiger partial charge is 0.151 e. The number of piperazine rings is 1. The Balaban J connectivity index is 1.22. The zero-order valence-electron chi connectivity index (χ0n) is 21.9. The van der Waals surface area contributed by atoms with Crippen LogP contribution in [0.15, 0.2) is 65.7 Å². The van der Waals surface area contributed by atoms with Gasteiger partial charge in [-0.1, -0.05) is 55.5 Å². The van der Waals surface area contributed by atoms with E-state index in [0.717, 1.165) is 69.2 Å². The van der Waals surface area contributed by atoms with E-state index in [4.69, 9.17) is 14.5 Å². The Bertz CT molecular complexity index is 1370. The van der Waals surface area contributed by atoms with E-state index >= 15 is 0 Å². The fraction of sp³-hybridized carbons (Fsp3) is 0.387. The molecule has 0 unspecified atom stereocenters. The monoisotopic (exact) mass is 496 g/mol. The van der Waals surface area contributed by atoms with E-state index in [2.05, 4.69) is 76.2 Å². The van der Waals surface area contributed by atoms with E-state index < -0.39 is 0 Å². The topological polar surface area (TPSA) is 40.5 Å². The van der Waals surface area contributed by atoms with Crippen LogP contribution in [0.25, 0.3) is 6.08 Å². The summed E-state index contributed by atoms with van der Waals surface area (Å²) >= 11 is 0.